The molecule has 0 aromatic carbocycles. The minimum atomic E-state index is -1.04. The highest BCUT2D eigenvalue weighted by molar-refractivity contribution is 6.03. The number of carbonyl (C=O) groups excluding carboxylic acids is 4. The van der Waals surface area contributed by atoms with Crippen LogP contribution >= 0.6 is 0 Å². The van der Waals surface area contributed by atoms with Crippen LogP contribution in [0.2, 0.25) is 0 Å². The number of esters is 1. The lowest BCUT2D eigenvalue weighted by atomic mass is 9.33. The molecule has 0 heterocycles. The van der Waals surface area contributed by atoms with Crippen LogP contribution in [-0.4, -0.2) is 46.5 Å². The van der Waals surface area contributed by atoms with Crippen molar-refractivity contribution < 1.29 is 28.7 Å². The number of hydrogen-bond acceptors (Lipinski definition) is 6. The minimum Gasteiger partial charge on any atom is -0.462 e. The van der Waals surface area contributed by atoms with E-state index in [0.29, 0.717) is 31.1 Å². The van der Waals surface area contributed by atoms with Crippen LogP contribution in [0, 0.1) is 45.3 Å². The zero-order valence-electron chi connectivity index (χ0n) is 33.0. The van der Waals surface area contributed by atoms with Gasteiger partial charge in [-0.3, -0.25) is 14.4 Å². The van der Waals surface area contributed by atoms with Crippen molar-refractivity contribution in [1.29, 1.82) is 0 Å². The van der Waals surface area contributed by atoms with Crippen LogP contribution in [0.15, 0.2) is 11.1 Å². The number of ether oxygens (including phenoxy) is 2. The second-order valence-electron chi connectivity index (χ2n) is 20.1. The molecule has 0 bridgehead atoms. The molecule has 2 N–H and O–H groups in total. The number of Topliss-reactive ketones (excluding diaryl/α,β-unsaturated/α-hetero) is 1. The summed E-state index contributed by atoms with van der Waals surface area (Å²) in [4.78, 5) is 53.9. The number of rotatable bonds is 5. The molecule has 0 radical (unpaired) electrons. The van der Waals surface area contributed by atoms with Gasteiger partial charge in [-0.15, -0.1) is 0 Å². The maximum Gasteiger partial charge on any atom is 0.408 e. The molecule has 0 aromatic rings. The van der Waals surface area contributed by atoms with E-state index < -0.39 is 22.8 Å². The van der Waals surface area contributed by atoms with E-state index in [1.165, 1.54) is 12.5 Å². The molecule has 5 fully saturated rings. The van der Waals surface area contributed by atoms with Crippen LogP contribution in [-0.2, 0) is 23.9 Å². The fraction of sp³-hybridized carbons (Fsp3) is 0.857. The highest BCUT2D eigenvalue weighted by Crippen LogP contribution is 2.76. The van der Waals surface area contributed by atoms with Crippen LogP contribution in [0.3, 0.4) is 0 Å². The lowest BCUT2D eigenvalue weighted by Gasteiger charge is -2.72. The number of hydrogen-bond donors (Lipinski definition) is 2. The zero-order chi connectivity index (χ0) is 36.9. The van der Waals surface area contributed by atoms with Gasteiger partial charge in [-0.25, -0.2) is 4.79 Å². The number of ketones is 1. The largest absolute Gasteiger partial charge is 0.462 e. The average molecular weight is 695 g/mol. The Hall–Kier alpha value is -2.38. The Morgan fingerprint density at radius 3 is 2.06 bits per heavy atom. The van der Waals surface area contributed by atoms with Gasteiger partial charge in [0.2, 0.25) is 5.91 Å². The van der Waals surface area contributed by atoms with Gasteiger partial charge in [-0.2, -0.15) is 0 Å². The third kappa shape index (κ3) is 5.58. The summed E-state index contributed by atoms with van der Waals surface area (Å²) in [5, 5.41) is 6.57. The van der Waals surface area contributed by atoms with Crippen molar-refractivity contribution in [2.45, 2.75) is 182 Å². The molecule has 0 aliphatic heterocycles. The lowest BCUT2D eigenvalue weighted by Crippen LogP contribution is -2.68. The summed E-state index contributed by atoms with van der Waals surface area (Å²) in [7, 11) is 0. The molecule has 6 aliphatic rings. The molecule has 50 heavy (non-hydrogen) atoms. The van der Waals surface area contributed by atoms with Gasteiger partial charge in [-0.05, 0) is 136 Å². The van der Waals surface area contributed by atoms with Crippen molar-refractivity contribution in [3.8, 4) is 0 Å². The Labute approximate surface area is 301 Å². The SMILES string of the molecule is CC(=O)O[C@H]1CC[C@]2(C)[C@H]3CC[C@@H]4C5=C(C(C)C)C(=O)C[C@]5(NC(=O)C5(NC(=O)OC(C)(C)C)CCCC5)CC[C@@]4(C)[C@]3(C)CC[C@H]2C1(C)C. The Balaban J connectivity index is 1.34. The summed E-state index contributed by atoms with van der Waals surface area (Å²) in [6.45, 7) is 23.6. The maximum absolute atomic E-state index is 14.6. The highest BCUT2D eigenvalue weighted by Gasteiger charge is 2.70. The van der Waals surface area contributed by atoms with Gasteiger partial charge in [0.05, 0.1) is 5.54 Å². The molecule has 0 spiro atoms. The van der Waals surface area contributed by atoms with Crippen molar-refractivity contribution in [2.24, 2.45) is 45.3 Å². The predicted octanol–water partition coefficient (Wildman–Crippen LogP) is 8.60. The van der Waals surface area contributed by atoms with Crippen molar-refractivity contribution in [3.63, 3.8) is 0 Å². The number of amides is 2. The van der Waals surface area contributed by atoms with Gasteiger partial charge >= 0.3 is 12.1 Å². The number of allylic oxidation sites excluding steroid dienone is 1. The lowest BCUT2D eigenvalue weighted by molar-refractivity contribution is -0.231. The molecule has 0 unspecified atom stereocenters. The Bertz CT molecular complexity index is 1470. The number of carbonyl (C=O) groups is 4. The van der Waals surface area contributed by atoms with Crippen LogP contribution in [0.4, 0.5) is 4.79 Å². The third-order valence-corrected chi connectivity index (χ3v) is 15.7. The monoisotopic (exact) mass is 694 g/mol. The summed E-state index contributed by atoms with van der Waals surface area (Å²) >= 11 is 0. The van der Waals surface area contributed by atoms with Crippen LogP contribution in [0.5, 0.6) is 0 Å². The molecule has 5 saturated carbocycles. The van der Waals surface area contributed by atoms with Gasteiger partial charge in [0, 0.05) is 18.8 Å². The number of nitrogens with one attached hydrogen (secondary N) is 2. The van der Waals surface area contributed by atoms with E-state index in [1.807, 2.05) is 20.8 Å². The third-order valence-electron chi connectivity index (χ3n) is 15.7. The molecule has 0 saturated heterocycles. The molecule has 8 atom stereocenters. The summed E-state index contributed by atoms with van der Waals surface area (Å²) in [6, 6.07) is 0. The summed E-state index contributed by atoms with van der Waals surface area (Å²) in [5.74, 6) is 1.08. The van der Waals surface area contributed by atoms with E-state index in [-0.39, 0.29) is 57.3 Å². The summed E-state index contributed by atoms with van der Waals surface area (Å²) in [6.07, 6.45) is 10.5. The molecule has 280 valence electrons. The predicted molar refractivity (Wildman–Crippen MR) is 194 cm³/mol. The fourth-order valence-corrected chi connectivity index (χ4v) is 13.4. The van der Waals surface area contributed by atoms with E-state index in [9.17, 15) is 19.2 Å². The van der Waals surface area contributed by atoms with Gasteiger partial charge in [0.15, 0.2) is 5.78 Å². The maximum atomic E-state index is 14.6. The second kappa shape index (κ2) is 12.1. The van der Waals surface area contributed by atoms with E-state index in [4.69, 9.17) is 9.47 Å². The van der Waals surface area contributed by atoms with E-state index in [2.05, 4.69) is 59.1 Å². The van der Waals surface area contributed by atoms with Crippen molar-refractivity contribution >= 4 is 23.8 Å². The molecular weight excluding hydrogens is 628 g/mol. The Kier molecular flexibility index (Phi) is 9.03. The first-order chi connectivity index (χ1) is 23.1. The van der Waals surface area contributed by atoms with E-state index >= 15 is 0 Å². The molecule has 8 nitrogen and oxygen atoms in total. The van der Waals surface area contributed by atoms with Crippen LogP contribution in [0.25, 0.3) is 0 Å². The van der Waals surface area contributed by atoms with E-state index in [0.717, 1.165) is 69.8 Å². The van der Waals surface area contributed by atoms with Gasteiger partial charge < -0.3 is 20.1 Å². The van der Waals surface area contributed by atoms with E-state index in [1.54, 1.807) is 0 Å². The summed E-state index contributed by atoms with van der Waals surface area (Å²) < 4.78 is 11.6. The van der Waals surface area contributed by atoms with Gasteiger partial charge in [0.1, 0.15) is 17.2 Å². The molecule has 8 heteroatoms. The Morgan fingerprint density at radius 2 is 1.46 bits per heavy atom. The van der Waals surface area contributed by atoms with Gasteiger partial charge in [0.25, 0.3) is 0 Å². The topological polar surface area (TPSA) is 111 Å². The Morgan fingerprint density at radius 1 is 0.800 bits per heavy atom. The quantitative estimate of drug-likeness (QED) is 0.279. The van der Waals surface area contributed by atoms with Crippen LogP contribution < -0.4 is 10.6 Å². The van der Waals surface area contributed by atoms with Crippen molar-refractivity contribution in [3.05, 3.63) is 11.1 Å². The summed E-state index contributed by atoms with van der Waals surface area (Å²) in [5.41, 5.74) is -0.232. The average Bonchev–Trinajstić information content (AvgIpc) is 3.56. The highest BCUT2D eigenvalue weighted by atomic mass is 16.6. The molecule has 6 aliphatic carbocycles. The van der Waals surface area contributed by atoms with Gasteiger partial charge in [-0.1, -0.05) is 61.3 Å². The first-order valence-electron chi connectivity index (χ1n) is 19.8. The smallest absolute Gasteiger partial charge is 0.408 e. The second-order valence-corrected chi connectivity index (χ2v) is 20.1. The first kappa shape index (κ1) is 37.4. The minimum absolute atomic E-state index is 0.0328. The number of alkyl carbamates (subject to hydrolysis) is 1. The van der Waals surface area contributed by atoms with Crippen molar-refractivity contribution in [1.82, 2.24) is 10.6 Å². The molecule has 6 rings (SSSR count). The number of fused-ring (bicyclic) bond motifs is 7. The molecular formula is C42H66N2O6. The zero-order valence-corrected chi connectivity index (χ0v) is 33.0. The van der Waals surface area contributed by atoms with Crippen molar-refractivity contribution in [2.75, 3.05) is 0 Å². The molecule has 0 aromatic heterocycles. The molecule has 2 amide bonds. The first-order valence-corrected chi connectivity index (χ1v) is 19.8. The van der Waals surface area contributed by atoms with Crippen LogP contribution in [0.1, 0.15) is 160 Å². The normalized spacial score (nSPS) is 40.3. The fourth-order valence-electron chi connectivity index (χ4n) is 13.4. The standard InChI is InChI=1S/C42H66N2O6/c1-25(2)32-28(46)24-42(43-34(47)41(18-12-13-19-41)44-35(48)50-36(4,5)6)23-22-39(10)27(33(32)42)14-15-30-38(9)20-17-31(49-26(3)45)37(7,8)29(38)16-21-40(30,39)11/h25,27,29-31H,12-24H2,1-11H3,(H,43,47)(H,44,48)/t27-,29+,30-,31+,38+,39-,40-,42-/m1/s1.